The van der Waals surface area contributed by atoms with Crippen molar-refractivity contribution >= 4 is 50.2 Å². The van der Waals surface area contributed by atoms with E-state index < -0.39 is 51.5 Å². The minimum absolute atomic E-state index is 0. The van der Waals surface area contributed by atoms with Gasteiger partial charge in [-0.1, -0.05) is 62.0 Å². The molecule has 4 aromatic carbocycles. The van der Waals surface area contributed by atoms with Crippen LogP contribution in [-0.2, 0) is 24.2 Å². The summed E-state index contributed by atoms with van der Waals surface area (Å²) in [7, 11) is -6.54. The fraction of sp³-hybridized carbons (Fsp3) is 0.300. The Balaban J connectivity index is 0.000000388. The van der Waals surface area contributed by atoms with Gasteiger partial charge in [0.25, 0.3) is 0 Å². The molecular formula is C30H31BF5KO7S. The van der Waals surface area contributed by atoms with Crippen LogP contribution in [0.5, 0.6) is 5.75 Å². The second-order valence-corrected chi connectivity index (χ2v) is 12.0. The molecule has 1 saturated heterocycles. The zero-order chi connectivity index (χ0) is 32.4. The number of aliphatic carboxylic acids is 1. The summed E-state index contributed by atoms with van der Waals surface area (Å²) in [4.78, 5) is 8.89. The van der Waals surface area contributed by atoms with Crippen LogP contribution in [0.3, 0.4) is 0 Å². The fourth-order valence-electron chi connectivity index (χ4n) is 3.80. The van der Waals surface area contributed by atoms with Crippen molar-refractivity contribution in [2.45, 2.75) is 58.8 Å². The number of halogens is 5. The van der Waals surface area contributed by atoms with Crippen LogP contribution in [0.15, 0.2) is 72.8 Å². The van der Waals surface area contributed by atoms with Gasteiger partial charge in [-0.3, -0.25) is 0 Å². The number of alkyl halides is 3. The molecule has 7 nitrogen and oxygen atoms in total. The Labute approximate surface area is 301 Å². The molecule has 4 aromatic rings. The van der Waals surface area contributed by atoms with Gasteiger partial charge >= 0.3 is 74.1 Å². The minimum atomic E-state index is -5.88. The molecule has 0 N–H and O–H groups in total. The summed E-state index contributed by atoms with van der Waals surface area (Å²) in [6, 6.07) is 19.0. The molecule has 0 radical (unpaired) electrons. The van der Waals surface area contributed by atoms with Gasteiger partial charge in [0.2, 0.25) is 0 Å². The number of benzene rings is 4. The second kappa shape index (κ2) is 15.7. The Morgan fingerprint density at radius 3 is 1.56 bits per heavy atom. The van der Waals surface area contributed by atoms with Crippen molar-refractivity contribution in [3.05, 3.63) is 84.4 Å². The zero-order valence-corrected chi connectivity index (χ0v) is 28.6. The molecule has 0 aromatic heterocycles. The monoisotopic (exact) mass is 680 g/mol. The van der Waals surface area contributed by atoms with Gasteiger partial charge < -0.3 is 23.4 Å². The third-order valence-electron chi connectivity index (χ3n) is 6.66. The molecule has 0 spiro atoms. The summed E-state index contributed by atoms with van der Waals surface area (Å²) in [6.07, 6.45) is 0. The first kappa shape index (κ1) is 40.9. The van der Waals surface area contributed by atoms with Gasteiger partial charge in [0.1, 0.15) is 5.82 Å². The molecule has 1 heterocycles. The van der Waals surface area contributed by atoms with Crippen molar-refractivity contribution in [3.63, 3.8) is 0 Å². The number of carboxylic acids is 1. The van der Waals surface area contributed by atoms with Crippen molar-refractivity contribution < 1.29 is 105 Å². The maximum Gasteiger partial charge on any atom is 1.00 e. The smallest absolute Gasteiger partial charge is 0.550 e. The van der Waals surface area contributed by atoms with Crippen molar-refractivity contribution in [1.82, 2.24) is 0 Å². The van der Waals surface area contributed by atoms with E-state index in [9.17, 15) is 30.4 Å². The van der Waals surface area contributed by atoms with Crippen molar-refractivity contribution in [1.29, 1.82) is 0 Å². The molecule has 45 heavy (non-hydrogen) atoms. The molecule has 0 unspecified atom stereocenters. The average Bonchev–Trinajstić information content (AvgIpc) is 3.09. The Bertz CT molecular complexity index is 1730. The molecule has 5 rings (SSSR count). The Morgan fingerprint density at radius 2 is 1.16 bits per heavy atom. The molecule has 0 saturated carbocycles. The van der Waals surface area contributed by atoms with Gasteiger partial charge in [0.15, 0.2) is 11.6 Å². The van der Waals surface area contributed by atoms with E-state index in [4.69, 9.17) is 19.2 Å². The molecule has 1 fully saturated rings. The minimum Gasteiger partial charge on any atom is -0.550 e. The summed E-state index contributed by atoms with van der Waals surface area (Å²) < 4.78 is 101. The maximum absolute atomic E-state index is 14.3. The molecular weight excluding hydrogens is 649 g/mol. The van der Waals surface area contributed by atoms with Gasteiger partial charge in [0, 0.05) is 11.4 Å². The number of carbonyl (C=O) groups excluding carboxylic acids is 1. The number of carboxylic acid groups (broad SMARTS) is 1. The predicted molar refractivity (Wildman–Crippen MR) is 157 cm³/mol. The maximum atomic E-state index is 14.3. The number of carbonyl (C=O) groups is 1. The Kier molecular flexibility index (Phi) is 14.2. The topological polar surface area (TPSA) is 102 Å². The number of fused-ring (bicyclic) bond motifs is 2. The molecule has 15 heteroatoms. The fourth-order valence-corrected chi connectivity index (χ4v) is 4.26. The summed E-state index contributed by atoms with van der Waals surface area (Å²) in [5, 5.41) is 11.5. The van der Waals surface area contributed by atoms with E-state index in [2.05, 4.69) is 4.18 Å². The van der Waals surface area contributed by atoms with E-state index in [1.165, 1.54) is 18.2 Å². The Hall–Kier alpha value is -2.11. The first-order chi connectivity index (χ1) is 19.7. The van der Waals surface area contributed by atoms with Gasteiger partial charge in [-0.25, -0.2) is 8.78 Å². The van der Waals surface area contributed by atoms with Gasteiger partial charge in [-0.15, -0.1) is 0 Å². The van der Waals surface area contributed by atoms with Crippen molar-refractivity contribution in [3.8, 4) is 5.75 Å². The number of hydrogen-bond donors (Lipinski definition) is 0. The third-order valence-corrected chi connectivity index (χ3v) is 7.62. The van der Waals surface area contributed by atoms with Gasteiger partial charge in [0.05, 0.1) is 11.2 Å². The van der Waals surface area contributed by atoms with E-state index in [1.807, 2.05) is 58.0 Å². The molecule has 0 aliphatic carbocycles. The average molecular weight is 681 g/mol. The van der Waals surface area contributed by atoms with Gasteiger partial charge in [-0.2, -0.15) is 21.6 Å². The summed E-state index contributed by atoms with van der Waals surface area (Å²) in [6.45, 7) is 8.83. The first-order valence-corrected chi connectivity index (χ1v) is 14.1. The summed E-state index contributed by atoms with van der Waals surface area (Å²) in [5.74, 6) is -3.55. The standard InChI is InChI=1S/C16H18BFO2.C11H6F4O3S.C2H4O2.CH4.K/c1-15(2)16(3,4)20-17(19-15)13-9-11-7-5-6-8-12(11)10-14(13)18;12-9-5-7-3-1-2-4-8(7)6-10(9)18-19(16,17)11(13,14)15;1-2(3)4;;/h5-10H,1-4H3;1-6H;1H3,(H,3,4);1H4;/q;;;;+1/p-1. The number of hydrogen-bond acceptors (Lipinski definition) is 7. The largest absolute Gasteiger partial charge is 1.00 e. The van der Waals surface area contributed by atoms with Crippen LogP contribution in [0.25, 0.3) is 21.5 Å². The summed E-state index contributed by atoms with van der Waals surface area (Å²) >= 11 is 0. The summed E-state index contributed by atoms with van der Waals surface area (Å²) in [5.41, 5.74) is -6.07. The van der Waals surface area contributed by atoms with E-state index in [1.54, 1.807) is 12.1 Å². The molecule has 1 aliphatic heterocycles. The van der Waals surface area contributed by atoms with Crippen LogP contribution < -0.4 is 66.1 Å². The quantitative estimate of drug-likeness (QED) is 0.142. The molecule has 0 amide bonds. The first-order valence-electron chi connectivity index (χ1n) is 12.6. The zero-order valence-electron chi connectivity index (χ0n) is 24.7. The number of rotatable bonds is 3. The molecule has 0 atom stereocenters. The molecule has 0 bridgehead atoms. The van der Waals surface area contributed by atoms with E-state index >= 15 is 0 Å². The van der Waals surface area contributed by atoms with Crippen LogP contribution in [-0.4, -0.2) is 38.2 Å². The predicted octanol–water partition coefficient (Wildman–Crippen LogP) is 2.88. The molecule has 1 aliphatic rings. The van der Waals surface area contributed by atoms with E-state index in [0.29, 0.717) is 16.2 Å². The van der Waals surface area contributed by atoms with Crippen molar-refractivity contribution in [2.75, 3.05) is 0 Å². The van der Waals surface area contributed by atoms with E-state index in [0.717, 1.165) is 29.8 Å². The van der Waals surface area contributed by atoms with Crippen LogP contribution in [0, 0.1) is 11.6 Å². The second-order valence-electron chi connectivity index (χ2n) is 10.4. The van der Waals surface area contributed by atoms with Crippen LogP contribution in [0.1, 0.15) is 42.0 Å². The van der Waals surface area contributed by atoms with Gasteiger partial charge in [-0.05, 0) is 74.4 Å². The van der Waals surface area contributed by atoms with Crippen LogP contribution >= 0.6 is 0 Å². The third kappa shape index (κ3) is 10.2. The SMILES string of the molecule is C.CC(=O)[O-].CC1(C)OB(c2cc3ccccc3cc2F)OC1(C)C.O=S(=O)(Oc1cc2ccccc2cc1F)C(F)(F)F.[K+]. The molecule has 238 valence electrons. The Morgan fingerprint density at radius 1 is 0.800 bits per heavy atom. The van der Waals surface area contributed by atoms with E-state index in [-0.39, 0.29) is 64.6 Å². The van der Waals surface area contributed by atoms with Crippen LogP contribution in [0.2, 0.25) is 0 Å². The van der Waals surface area contributed by atoms with Crippen molar-refractivity contribution in [2.24, 2.45) is 0 Å². The van der Waals surface area contributed by atoms with Crippen LogP contribution in [0.4, 0.5) is 22.0 Å². The normalized spacial score (nSPS) is 15.0.